The van der Waals surface area contributed by atoms with Crippen LogP contribution in [0.2, 0.25) is 0 Å². The van der Waals surface area contributed by atoms with E-state index in [0.717, 1.165) is 15.5 Å². The highest BCUT2D eigenvalue weighted by molar-refractivity contribution is 8.00. The molecule has 0 saturated carbocycles. The molecule has 5 aromatic rings. The lowest BCUT2D eigenvalue weighted by molar-refractivity contribution is -0.115. The fourth-order valence-corrected chi connectivity index (χ4v) is 5.36. The minimum atomic E-state index is -0.526. The first-order valence-electron chi connectivity index (χ1n) is 13.3. The van der Waals surface area contributed by atoms with Gasteiger partial charge in [0.15, 0.2) is 0 Å². The summed E-state index contributed by atoms with van der Waals surface area (Å²) in [7, 11) is 0. The average molecular weight is 610 g/mol. The van der Waals surface area contributed by atoms with Gasteiger partial charge in [-0.3, -0.25) is 19.7 Å². The van der Waals surface area contributed by atoms with Crippen molar-refractivity contribution >= 4 is 57.7 Å². The second-order valence-electron chi connectivity index (χ2n) is 9.30. The summed E-state index contributed by atoms with van der Waals surface area (Å²) in [6, 6.07) is 28.8. The number of hydrogen-bond acceptors (Lipinski definition) is 8. The van der Waals surface area contributed by atoms with Gasteiger partial charge in [0.1, 0.15) is 22.2 Å². The monoisotopic (exact) mass is 609 g/mol. The van der Waals surface area contributed by atoms with E-state index >= 15 is 0 Å². The third-order valence-electron chi connectivity index (χ3n) is 6.05. The van der Waals surface area contributed by atoms with Gasteiger partial charge in [0.05, 0.1) is 5.25 Å². The Morgan fingerprint density at radius 2 is 1.56 bits per heavy atom. The Morgan fingerprint density at radius 1 is 0.860 bits per heavy atom. The van der Waals surface area contributed by atoms with Gasteiger partial charge in [-0.05, 0) is 62.4 Å². The van der Waals surface area contributed by atoms with E-state index in [-0.39, 0.29) is 16.9 Å². The number of aromatic nitrogens is 2. The van der Waals surface area contributed by atoms with Gasteiger partial charge in [-0.25, -0.2) is 0 Å². The molecule has 2 aromatic heterocycles. The van der Waals surface area contributed by atoms with Crippen molar-refractivity contribution in [3.05, 3.63) is 119 Å². The number of aryl methyl sites for hydroxylation is 1. The Labute approximate surface area is 256 Å². The quantitative estimate of drug-likeness (QED) is 0.120. The summed E-state index contributed by atoms with van der Waals surface area (Å²) in [6.45, 7) is 3.62. The lowest BCUT2D eigenvalue weighted by Gasteiger charge is -2.12. The van der Waals surface area contributed by atoms with Gasteiger partial charge in [0.25, 0.3) is 11.8 Å². The van der Waals surface area contributed by atoms with Gasteiger partial charge < -0.3 is 15.1 Å². The van der Waals surface area contributed by atoms with Crippen LogP contribution in [0.15, 0.2) is 112 Å². The molecule has 3 amide bonds. The first-order valence-corrected chi connectivity index (χ1v) is 15.0. The molecule has 0 spiro atoms. The van der Waals surface area contributed by atoms with Crippen molar-refractivity contribution in [2.45, 2.75) is 24.0 Å². The maximum absolute atomic E-state index is 13.4. The van der Waals surface area contributed by atoms with Crippen LogP contribution in [0.5, 0.6) is 0 Å². The van der Waals surface area contributed by atoms with Gasteiger partial charge in [-0.1, -0.05) is 59.9 Å². The third-order valence-corrected chi connectivity index (χ3v) is 7.92. The molecule has 0 aliphatic heterocycles. The third kappa shape index (κ3) is 8.06. The maximum atomic E-state index is 13.4. The SMILES string of the molecule is Cc1nnc(NC(=O)C(C)Sc2ccc(NC(=O)C(=Cc3ccc(-c4ccccc4)o3)NC(=O)c3ccccc3)cc2)s1. The molecule has 1 atom stereocenters. The number of carbonyl (C=O) groups is 3. The summed E-state index contributed by atoms with van der Waals surface area (Å²) in [5.41, 5.74) is 1.83. The minimum Gasteiger partial charge on any atom is -0.457 e. The summed E-state index contributed by atoms with van der Waals surface area (Å²) in [6.07, 6.45) is 1.49. The fourth-order valence-electron chi connectivity index (χ4n) is 3.90. The molecule has 11 heteroatoms. The van der Waals surface area contributed by atoms with Crippen LogP contribution in [0.25, 0.3) is 17.4 Å². The van der Waals surface area contributed by atoms with E-state index in [2.05, 4.69) is 26.1 Å². The maximum Gasteiger partial charge on any atom is 0.272 e. The summed E-state index contributed by atoms with van der Waals surface area (Å²) in [5, 5.41) is 17.0. The van der Waals surface area contributed by atoms with Crippen molar-refractivity contribution in [2.75, 3.05) is 10.6 Å². The predicted octanol–water partition coefficient (Wildman–Crippen LogP) is 6.64. The van der Waals surface area contributed by atoms with E-state index in [4.69, 9.17) is 4.42 Å². The summed E-state index contributed by atoms with van der Waals surface area (Å²) >= 11 is 2.68. The van der Waals surface area contributed by atoms with Gasteiger partial charge in [0.2, 0.25) is 11.0 Å². The van der Waals surface area contributed by atoms with Crippen LogP contribution in [0.3, 0.4) is 0 Å². The van der Waals surface area contributed by atoms with E-state index in [9.17, 15) is 14.4 Å². The normalized spacial score (nSPS) is 11.9. The molecule has 3 N–H and O–H groups in total. The van der Waals surface area contributed by atoms with E-state index in [0.29, 0.717) is 27.9 Å². The number of nitrogens with zero attached hydrogens (tertiary/aromatic N) is 2. The lowest BCUT2D eigenvalue weighted by Crippen LogP contribution is -2.30. The van der Waals surface area contributed by atoms with Crippen LogP contribution < -0.4 is 16.0 Å². The Hall–Kier alpha value is -5.00. The Morgan fingerprint density at radius 3 is 2.23 bits per heavy atom. The zero-order valence-electron chi connectivity index (χ0n) is 23.2. The molecule has 0 aliphatic rings. The zero-order valence-corrected chi connectivity index (χ0v) is 24.9. The number of rotatable bonds is 10. The van der Waals surface area contributed by atoms with Crippen molar-refractivity contribution in [3.8, 4) is 11.3 Å². The van der Waals surface area contributed by atoms with Crippen LogP contribution in [0, 0.1) is 6.92 Å². The molecule has 0 aliphatic carbocycles. The Kier molecular flexibility index (Phi) is 9.45. The van der Waals surface area contributed by atoms with Crippen LogP contribution >= 0.6 is 23.1 Å². The standard InChI is InChI=1S/C32H27N5O4S2/c1-20(29(38)35-32-37-36-21(2)43-32)42-26-16-13-24(14-17-26)33-31(40)27(34-30(39)23-11-7-4-8-12-23)19-25-15-18-28(41-25)22-9-5-3-6-10-22/h3-20H,1-2H3,(H,33,40)(H,34,39)(H,35,37,38). The Balaban J connectivity index is 1.28. The van der Waals surface area contributed by atoms with Gasteiger partial charge in [0, 0.05) is 27.8 Å². The molecule has 0 saturated heterocycles. The molecular formula is C32H27N5O4S2. The van der Waals surface area contributed by atoms with Crippen molar-refractivity contribution in [1.82, 2.24) is 15.5 Å². The number of amides is 3. The molecule has 0 bridgehead atoms. The molecule has 5 rings (SSSR count). The highest BCUT2D eigenvalue weighted by Crippen LogP contribution is 2.27. The first kappa shape index (κ1) is 29.5. The first-order chi connectivity index (χ1) is 20.8. The van der Waals surface area contributed by atoms with E-state index < -0.39 is 11.8 Å². The number of furan rings is 1. The van der Waals surface area contributed by atoms with Gasteiger partial charge >= 0.3 is 0 Å². The summed E-state index contributed by atoms with van der Waals surface area (Å²) in [5.74, 6) is -0.103. The van der Waals surface area contributed by atoms with Crippen LogP contribution in [0.4, 0.5) is 10.8 Å². The summed E-state index contributed by atoms with van der Waals surface area (Å²) < 4.78 is 5.95. The highest BCUT2D eigenvalue weighted by Gasteiger charge is 2.18. The summed E-state index contributed by atoms with van der Waals surface area (Å²) in [4.78, 5) is 39.7. The number of nitrogens with one attached hydrogen (secondary N) is 3. The highest BCUT2D eigenvalue weighted by atomic mass is 32.2. The predicted molar refractivity (Wildman–Crippen MR) is 170 cm³/mol. The topological polar surface area (TPSA) is 126 Å². The molecule has 43 heavy (non-hydrogen) atoms. The van der Waals surface area contributed by atoms with Gasteiger partial charge in [-0.2, -0.15) is 0 Å². The Bertz CT molecular complexity index is 1750. The van der Waals surface area contributed by atoms with Crippen LogP contribution in [-0.2, 0) is 9.59 Å². The average Bonchev–Trinajstić information content (AvgIpc) is 3.67. The number of anilines is 2. The molecule has 1 unspecified atom stereocenters. The number of carbonyl (C=O) groups excluding carboxylic acids is 3. The molecule has 2 heterocycles. The number of thioether (sulfide) groups is 1. The van der Waals surface area contributed by atoms with Crippen molar-refractivity contribution in [2.24, 2.45) is 0 Å². The molecule has 0 fully saturated rings. The molecule has 9 nitrogen and oxygen atoms in total. The van der Waals surface area contributed by atoms with Crippen LogP contribution in [-0.4, -0.2) is 33.2 Å². The molecule has 0 radical (unpaired) electrons. The van der Waals surface area contributed by atoms with Crippen molar-refractivity contribution in [1.29, 1.82) is 0 Å². The lowest BCUT2D eigenvalue weighted by atomic mass is 10.2. The zero-order chi connectivity index (χ0) is 30.2. The molecule has 216 valence electrons. The smallest absolute Gasteiger partial charge is 0.272 e. The van der Waals surface area contributed by atoms with Crippen LogP contribution in [0.1, 0.15) is 28.0 Å². The van der Waals surface area contributed by atoms with Crippen molar-refractivity contribution < 1.29 is 18.8 Å². The second-order valence-corrected chi connectivity index (χ2v) is 11.9. The molecular weight excluding hydrogens is 583 g/mol. The van der Waals surface area contributed by atoms with E-state index in [1.54, 1.807) is 49.4 Å². The van der Waals surface area contributed by atoms with E-state index in [1.807, 2.05) is 61.5 Å². The van der Waals surface area contributed by atoms with Gasteiger partial charge in [-0.15, -0.1) is 22.0 Å². The largest absolute Gasteiger partial charge is 0.457 e. The fraction of sp³-hybridized carbons (Fsp3) is 0.0938. The number of hydrogen-bond donors (Lipinski definition) is 3. The van der Waals surface area contributed by atoms with Crippen molar-refractivity contribution in [3.63, 3.8) is 0 Å². The minimum absolute atomic E-state index is 0.0125. The second kappa shape index (κ2) is 13.8. The van der Waals surface area contributed by atoms with E-state index in [1.165, 1.54) is 29.2 Å². The molecule has 3 aromatic carbocycles. The number of benzene rings is 3.